The minimum absolute atomic E-state index is 0.0965. The Morgan fingerprint density at radius 1 is 1.08 bits per heavy atom. The van der Waals surface area contributed by atoms with Crippen molar-refractivity contribution in [3.63, 3.8) is 0 Å². The van der Waals surface area contributed by atoms with Gasteiger partial charge in [0.15, 0.2) is 0 Å². The van der Waals surface area contributed by atoms with E-state index >= 15 is 0 Å². The van der Waals surface area contributed by atoms with Crippen LogP contribution in [-0.2, 0) is 9.53 Å². The molecule has 25 heavy (non-hydrogen) atoms. The van der Waals surface area contributed by atoms with Gasteiger partial charge in [0.2, 0.25) is 0 Å². The van der Waals surface area contributed by atoms with Crippen LogP contribution in [-0.4, -0.2) is 25.2 Å². The molecule has 1 amide bonds. The maximum Gasteiger partial charge on any atom is 0.256 e. The molecule has 4 heteroatoms. The van der Waals surface area contributed by atoms with Crippen molar-refractivity contribution in [3.8, 4) is 5.75 Å². The summed E-state index contributed by atoms with van der Waals surface area (Å²) in [6.45, 7) is 6.47. The molecule has 0 heterocycles. The molecule has 1 N–H and O–H groups in total. The second-order valence-corrected chi connectivity index (χ2v) is 6.44. The third kappa shape index (κ3) is 4.51. The fourth-order valence-corrected chi connectivity index (χ4v) is 3.10. The molecule has 0 fully saturated rings. The molecule has 2 rings (SSSR count). The summed E-state index contributed by atoms with van der Waals surface area (Å²) in [6, 6.07) is 11.7. The average Bonchev–Trinajstić information content (AvgIpc) is 2.62. The average molecular weight is 343 g/mol. The first kappa shape index (κ1) is 19.3. The van der Waals surface area contributed by atoms with E-state index in [1.807, 2.05) is 50.2 Å². The standard InChI is InChI=1S/C21H29NO3/c1-5-7-10-15-21(3,25-6-2)20(23)22-18-13-14-19(24-4)17-12-9-8-11-16(17)18/h8-9,11-14H,5-7,10,15H2,1-4H3,(H,22,23)/t21-/m0/s1. The highest BCUT2D eigenvalue weighted by molar-refractivity contribution is 6.06. The Bertz CT molecular complexity index is 713. The number of fused-ring (bicyclic) bond motifs is 1. The number of unbranched alkanes of at least 4 members (excludes halogenated alkanes) is 2. The maximum atomic E-state index is 12.9. The lowest BCUT2D eigenvalue weighted by Crippen LogP contribution is -2.42. The molecule has 0 aliphatic carbocycles. The Morgan fingerprint density at radius 3 is 2.44 bits per heavy atom. The molecule has 4 nitrogen and oxygen atoms in total. The molecule has 136 valence electrons. The zero-order chi connectivity index (χ0) is 18.3. The van der Waals surface area contributed by atoms with Crippen LogP contribution in [0.5, 0.6) is 5.75 Å². The van der Waals surface area contributed by atoms with E-state index in [1.54, 1.807) is 7.11 Å². The van der Waals surface area contributed by atoms with Crippen molar-refractivity contribution in [3.05, 3.63) is 36.4 Å². The monoisotopic (exact) mass is 343 g/mol. The Morgan fingerprint density at radius 2 is 1.80 bits per heavy atom. The van der Waals surface area contributed by atoms with Crippen LogP contribution in [0.3, 0.4) is 0 Å². The first-order valence-corrected chi connectivity index (χ1v) is 9.07. The number of carbonyl (C=O) groups is 1. The van der Waals surface area contributed by atoms with E-state index in [2.05, 4.69) is 12.2 Å². The number of nitrogens with one attached hydrogen (secondary N) is 1. The molecule has 0 unspecified atom stereocenters. The van der Waals surface area contributed by atoms with Gasteiger partial charge in [-0.15, -0.1) is 0 Å². The van der Waals surface area contributed by atoms with E-state index < -0.39 is 5.60 Å². The molecule has 0 saturated carbocycles. The van der Waals surface area contributed by atoms with Crippen molar-refractivity contribution in [1.29, 1.82) is 0 Å². The number of amides is 1. The van der Waals surface area contributed by atoms with Gasteiger partial charge in [-0.2, -0.15) is 0 Å². The number of carbonyl (C=O) groups excluding carboxylic acids is 1. The number of anilines is 1. The van der Waals surface area contributed by atoms with E-state index in [-0.39, 0.29) is 5.91 Å². The fraction of sp³-hybridized carbons (Fsp3) is 0.476. The van der Waals surface area contributed by atoms with Crippen LogP contribution in [0.2, 0.25) is 0 Å². The van der Waals surface area contributed by atoms with E-state index in [4.69, 9.17) is 9.47 Å². The van der Waals surface area contributed by atoms with Gasteiger partial charge in [0.1, 0.15) is 11.4 Å². The lowest BCUT2D eigenvalue weighted by Gasteiger charge is -2.28. The minimum Gasteiger partial charge on any atom is -0.496 e. The molecule has 0 bridgehead atoms. The van der Waals surface area contributed by atoms with Crippen LogP contribution < -0.4 is 10.1 Å². The predicted octanol–water partition coefficient (Wildman–Crippen LogP) is 5.16. The summed E-state index contributed by atoms with van der Waals surface area (Å²) in [5.74, 6) is 0.699. The number of methoxy groups -OCH3 is 1. The van der Waals surface area contributed by atoms with Crippen LogP contribution >= 0.6 is 0 Å². The number of benzene rings is 2. The largest absolute Gasteiger partial charge is 0.496 e. The van der Waals surface area contributed by atoms with Crippen LogP contribution in [0.25, 0.3) is 10.8 Å². The summed E-state index contributed by atoms with van der Waals surface area (Å²) >= 11 is 0. The van der Waals surface area contributed by atoms with Crippen LogP contribution in [0.1, 0.15) is 46.5 Å². The van der Waals surface area contributed by atoms with Gasteiger partial charge in [0.25, 0.3) is 5.91 Å². The Labute approximate surface area is 150 Å². The summed E-state index contributed by atoms with van der Waals surface area (Å²) in [5.41, 5.74) is -0.0341. The lowest BCUT2D eigenvalue weighted by molar-refractivity contribution is -0.139. The molecule has 0 spiro atoms. The van der Waals surface area contributed by atoms with E-state index in [0.717, 1.165) is 41.5 Å². The molecule has 1 atom stereocenters. The van der Waals surface area contributed by atoms with Gasteiger partial charge < -0.3 is 14.8 Å². The molecule has 0 aliphatic rings. The fourth-order valence-electron chi connectivity index (χ4n) is 3.10. The van der Waals surface area contributed by atoms with Gasteiger partial charge in [0, 0.05) is 23.1 Å². The molecular weight excluding hydrogens is 314 g/mol. The topological polar surface area (TPSA) is 47.6 Å². The number of hydrogen-bond donors (Lipinski definition) is 1. The third-order valence-corrected chi connectivity index (χ3v) is 4.55. The van der Waals surface area contributed by atoms with Crippen molar-refractivity contribution in [1.82, 2.24) is 0 Å². The maximum absolute atomic E-state index is 12.9. The molecular formula is C21H29NO3. The van der Waals surface area contributed by atoms with Gasteiger partial charge in [-0.1, -0.05) is 50.5 Å². The molecule has 2 aromatic rings. The molecule has 0 radical (unpaired) electrons. The summed E-state index contributed by atoms with van der Waals surface area (Å²) in [5, 5.41) is 5.01. The van der Waals surface area contributed by atoms with Crippen molar-refractivity contribution >= 4 is 22.4 Å². The number of rotatable bonds is 9. The van der Waals surface area contributed by atoms with Crippen molar-refractivity contribution in [2.45, 2.75) is 52.1 Å². The zero-order valence-corrected chi connectivity index (χ0v) is 15.7. The number of ether oxygens (including phenoxy) is 2. The van der Waals surface area contributed by atoms with Gasteiger partial charge >= 0.3 is 0 Å². The van der Waals surface area contributed by atoms with Crippen LogP contribution in [0.15, 0.2) is 36.4 Å². The first-order valence-electron chi connectivity index (χ1n) is 9.07. The highest BCUT2D eigenvalue weighted by atomic mass is 16.5. The number of hydrogen-bond acceptors (Lipinski definition) is 3. The van der Waals surface area contributed by atoms with Gasteiger partial charge in [-0.05, 0) is 32.4 Å². The quantitative estimate of drug-likeness (QED) is 0.640. The zero-order valence-electron chi connectivity index (χ0n) is 15.7. The summed E-state index contributed by atoms with van der Waals surface area (Å²) in [7, 11) is 1.65. The second kappa shape index (κ2) is 8.86. The van der Waals surface area contributed by atoms with E-state index in [0.29, 0.717) is 13.0 Å². The third-order valence-electron chi connectivity index (χ3n) is 4.55. The first-order chi connectivity index (χ1) is 12.1. The molecule has 2 aromatic carbocycles. The highest BCUT2D eigenvalue weighted by Gasteiger charge is 2.33. The Kier molecular flexibility index (Phi) is 6.82. The van der Waals surface area contributed by atoms with Crippen molar-refractivity contribution in [2.75, 3.05) is 19.0 Å². The lowest BCUT2D eigenvalue weighted by atomic mass is 9.96. The Balaban J connectivity index is 2.27. The van der Waals surface area contributed by atoms with E-state index in [1.165, 1.54) is 0 Å². The van der Waals surface area contributed by atoms with Crippen LogP contribution in [0.4, 0.5) is 5.69 Å². The SMILES string of the molecule is CCCCC[C@](C)(OCC)C(=O)Nc1ccc(OC)c2ccccc12. The predicted molar refractivity (Wildman–Crippen MR) is 103 cm³/mol. The van der Waals surface area contributed by atoms with Crippen molar-refractivity contribution in [2.24, 2.45) is 0 Å². The normalized spacial score (nSPS) is 13.4. The smallest absolute Gasteiger partial charge is 0.256 e. The highest BCUT2D eigenvalue weighted by Crippen LogP contribution is 2.32. The minimum atomic E-state index is -0.815. The Hall–Kier alpha value is -2.07. The van der Waals surface area contributed by atoms with Crippen LogP contribution in [0, 0.1) is 0 Å². The summed E-state index contributed by atoms with van der Waals surface area (Å²) in [6.07, 6.45) is 3.91. The molecule has 0 aromatic heterocycles. The van der Waals surface area contributed by atoms with Crippen molar-refractivity contribution < 1.29 is 14.3 Å². The van der Waals surface area contributed by atoms with Gasteiger partial charge in [-0.3, -0.25) is 4.79 Å². The second-order valence-electron chi connectivity index (χ2n) is 6.44. The molecule has 0 aliphatic heterocycles. The summed E-state index contributed by atoms with van der Waals surface area (Å²) in [4.78, 5) is 12.9. The van der Waals surface area contributed by atoms with Gasteiger partial charge in [-0.25, -0.2) is 0 Å². The summed E-state index contributed by atoms with van der Waals surface area (Å²) < 4.78 is 11.3. The van der Waals surface area contributed by atoms with Gasteiger partial charge in [0.05, 0.1) is 7.11 Å². The van der Waals surface area contributed by atoms with E-state index in [9.17, 15) is 4.79 Å². The molecule has 0 saturated heterocycles.